The minimum absolute atomic E-state index is 0.0833. The summed E-state index contributed by atoms with van der Waals surface area (Å²) < 4.78 is 18.4. The first-order valence-corrected chi connectivity index (χ1v) is 16.5. The fraction of sp³-hybridized carbons (Fsp3) is 0.500. The maximum atomic E-state index is 14.0. The number of rotatable bonds is 10. The van der Waals surface area contributed by atoms with Gasteiger partial charge in [-0.05, 0) is 64.7 Å². The van der Waals surface area contributed by atoms with Crippen molar-refractivity contribution < 1.29 is 37.7 Å². The van der Waals surface area contributed by atoms with Gasteiger partial charge in [0.25, 0.3) is 0 Å². The number of likely N-dealkylation sites (tertiary alicyclic amines) is 1. The normalized spacial score (nSPS) is 22.3. The molecule has 1 aliphatic heterocycles. The Hall–Kier alpha value is -2.45. The van der Waals surface area contributed by atoms with Crippen LogP contribution >= 0.6 is 19.1 Å². The summed E-state index contributed by atoms with van der Waals surface area (Å²) in [5, 5.41) is -0.0833. The Kier molecular flexibility index (Phi) is 11.2. The van der Waals surface area contributed by atoms with Crippen LogP contribution in [0.1, 0.15) is 52.5 Å². The van der Waals surface area contributed by atoms with Crippen LogP contribution in [0.5, 0.6) is 0 Å². The smallest absolute Gasteiger partial charge is 0.331 e. The summed E-state index contributed by atoms with van der Waals surface area (Å²) in [4.78, 5) is 50.7. The molecule has 4 atom stereocenters. The summed E-state index contributed by atoms with van der Waals surface area (Å²) in [5.74, 6) is -1.27. The van der Waals surface area contributed by atoms with Gasteiger partial charge < -0.3 is 4.52 Å². The first-order chi connectivity index (χ1) is 18.9. The molecule has 3 rings (SSSR count). The second kappa shape index (κ2) is 13.9. The minimum Gasteiger partial charge on any atom is -0.331 e. The van der Waals surface area contributed by atoms with E-state index in [2.05, 4.69) is 0 Å². The Labute approximate surface area is 241 Å². The van der Waals surface area contributed by atoms with E-state index < -0.39 is 47.4 Å². The van der Waals surface area contributed by atoms with Crippen LogP contribution in [0.15, 0.2) is 65.6 Å². The molecule has 0 bridgehead atoms. The van der Waals surface area contributed by atoms with Gasteiger partial charge in [-0.25, -0.2) is 14.5 Å². The molecule has 2 aromatic rings. The zero-order valence-corrected chi connectivity index (χ0v) is 25.7. The summed E-state index contributed by atoms with van der Waals surface area (Å²) >= 11 is 1.58. The van der Waals surface area contributed by atoms with Crippen LogP contribution in [0.3, 0.4) is 0 Å². The Balaban J connectivity index is 1.76. The van der Waals surface area contributed by atoms with Crippen molar-refractivity contribution in [3.05, 3.63) is 66.2 Å². The predicted molar refractivity (Wildman–Crippen MR) is 156 cm³/mol. The van der Waals surface area contributed by atoms with Crippen LogP contribution < -0.4 is 0 Å². The van der Waals surface area contributed by atoms with E-state index in [1.54, 1.807) is 39.5 Å². The van der Waals surface area contributed by atoms with Gasteiger partial charge in [-0.15, -0.1) is 11.8 Å². The van der Waals surface area contributed by atoms with Crippen LogP contribution in [0, 0.1) is 5.41 Å². The highest BCUT2D eigenvalue weighted by molar-refractivity contribution is 8.00. The number of hydrogen-bond acceptors (Lipinski definition) is 8. The van der Waals surface area contributed by atoms with Gasteiger partial charge in [0.15, 0.2) is 0 Å². The topological polar surface area (TPSA) is 96.0 Å². The second-order valence-corrected chi connectivity index (χ2v) is 15.5. The van der Waals surface area contributed by atoms with Gasteiger partial charge in [-0.1, -0.05) is 48.5 Å². The number of benzene rings is 2. The fourth-order valence-corrected chi connectivity index (χ4v) is 8.00. The third-order valence-electron chi connectivity index (χ3n) is 7.23. The van der Waals surface area contributed by atoms with Crippen molar-refractivity contribution in [3.63, 3.8) is 0 Å². The highest BCUT2D eigenvalue weighted by Crippen LogP contribution is 2.49. The molecular weight excluding hydrogens is 549 g/mol. The quantitative estimate of drug-likeness (QED) is 0.0973. The SMILES string of the molecule is COP(=O)(CCCCc1ccccc1)CC(=O)[N@@+]1(C(=O)OOC(=O)C(C)(C)C)C[C@H](Sc2ccccc2)C[C@H]1C. The number of aryl methyl sites for hydroxylation is 1. The summed E-state index contributed by atoms with van der Waals surface area (Å²) in [6.07, 6.45) is 1.64. The Morgan fingerprint density at radius 1 is 0.975 bits per heavy atom. The molecule has 0 aliphatic carbocycles. The molecule has 2 aromatic carbocycles. The lowest BCUT2D eigenvalue weighted by Crippen LogP contribution is -2.60. The van der Waals surface area contributed by atoms with Crippen LogP contribution in [-0.4, -0.2) is 59.7 Å². The standard InChI is InChI=1S/C30H41NO7PS/c1-23-20-26(40-25-17-10-7-11-18-25)21-31(23,29(34)38-37-28(33)30(2,3)4)27(32)22-39(35,36-5)19-13-12-16-24-14-8-6-9-15-24/h6-11,14-15,17-18,23,26H,12-13,16,19-22H2,1-5H3/q+1/t23-,26-,31-,39?/m1/s1. The van der Waals surface area contributed by atoms with Gasteiger partial charge in [0.1, 0.15) is 18.7 Å². The molecule has 2 amide bonds. The molecule has 1 saturated heterocycles. The maximum absolute atomic E-state index is 14.0. The van der Waals surface area contributed by atoms with Crippen molar-refractivity contribution in [3.8, 4) is 0 Å². The number of carbonyl (C=O) groups is 3. The number of quaternary nitrogens is 1. The highest BCUT2D eigenvalue weighted by atomic mass is 32.2. The second-order valence-electron chi connectivity index (χ2n) is 11.4. The van der Waals surface area contributed by atoms with Crippen molar-refractivity contribution in [2.75, 3.05) is 26.0 Å². The zero-order chi connectivity index (χ0) is 29.4. The van der Waals surface area contributed by atoms with Crippen LogP contribution in [0.2, 0.25) is 0 Å². The molecule has 1 fully saturated rings. The number of unbranched alkanes of at least 4 members (excludes halogenated alkanes) is 1. The largest absolute Gasteiger partial charge is 0.564 e. The molecule has 0 spiro atoms. The average molecular weight is 591 g/mol. The summed E-state index contributed by atoms with van der Waals surface area (Å²) in [6, 6.07) is 19.3. The number of imide groups is 1. The molecule has 0 aromatic heterocycles. The van der Waals surface area contributed by atoms with E-state index in [4.69, 9.17) is 14.3 Å². The Bertz CT molecular complexity index is 1200. The van der Waals surface area contributed by atoms with Crippen molar-refractivity contribution in [2.45, 2.75) is 69.6 Å². The summed E-state index contributed by atoms with van der Waals surface area (Å²) in [6.45, 7) is 6.83. The molecule has 1 heterocycles. The van der Waals surface area contributed by atoms with Gasteiger partial charge >= 0.3 is 18.0 Å². The van der Waals surface area contributed by atoms with E-state index in [0.29, 0.717) is 12.8 Å². The van der Waals surface area contributed by atoms with E-state index >= 15 is 0 Å². The fourth-order valence-electron chi connectivity index (χ4n) is 4.78. The number of nitrogens with zero attached hydrogens (tertiary/aromatic N) is 1. The molecule has 1 unspecified atom stereocenters. The van der Waals surface area contributed by atoms with Crippen molar-refractivity contribution >= 4 is 37.1 Å². The summed E-state index contributed by atoms with van der Waals surface area (Å²) in [7, 11) is -2.03. The van der Waals surface area contributed by atoms with Gasteiger partial charge in [0, 0.05) is 24.6 Å². The van der Waals surface area contributed by atoms with E-state index in [0.717, 1.165) is 17.7 Å². The molecule has 0 saturated carbocycles. The van der Waals surface area contributed by atoms with E-state index in [-0.39, 0.29) is 18.0 Å². The van der Waals surface area contributed by atoms with Crippen molar-refractivity contribution in [1.29, 1.82) is 0 Å². The number of thioether (sulfide) groups is 1. The first kappa shape index (κ1) is 32.1. The van der Waals surface area contributed by atoms with Crippen LogP contribution in [-0.2, 0) is 34.9 Å². The molecule has 10 heteroatoms. The Morgan fingerprint density at radius 2 is 1.60 bits per heavy atom. The highest BCUT2D eigenvalue weighted by Gasteiger charge is 2.59. The average Bonchev–Trinajstić information content (AvgIpc) is 3.26. The molecule has 0 radical (unpaired) electrons. The van der Waals surface area contributed by atoms with Gasteiger partial charge in [0.2, 0.25) is 7.37 Å². The van der Waals surface area contributed by atoms with E-state index in [1.165, 1.54) is 12.7 Å². The maximum Gasteiger partial charge on any atom is 0.564 e. The van der Waals surface area contributed by atoms with Gasteiger partial charge in [0.05, 0.1) is 10.7 Å². The molecule has 218 valence electrons. The Morgan fingerprint density at radius 3 is 2.20 bits per heavy atom. The lowest BCUT2D eigenvalue weighted by atomic mass is 9.98. The number of carbonyl (C=O) groups excluding carboxylic acids is 3. The summed E-state index contributed by atoms with van der Waals surface area (Å²) in [5.41, 5.74) is 0.291. The third-order valence-corrected chi connectivity index (χ3v) is 10.9. The molecule has 1 aliphatic rings. The predicted octanol–water partition coefficient (Wildman–Crippen LogP) is 6.87. The molecule has 40 heavy (non-hydrogen) atoms. The number of amides is 2. The number of hydrogen-bond donors (Lipinski definition) is 0. The van der Waals surface area contributed by atoms with Crippen LogP contribution in [0.25, 0.3) is 0 Å². The molecular formula is C30H41NO7PS+. The van der Waals surface area contributed by atoms with Gasteiger partial charge in [-0.3, -0.25) is 4.57 Å². The monoisotopic (exact) mass is 590 g/mol. The zero-order valence-electron chi connectivity index (χ0n) is 24.0. The van der Waals surface area contributed by atoms with Crippen LogP contribution in [0.4, 0.5) is 4.79 Å². The molecule has 0 N–H and O–H groups in total. The molecule has 8 nitrogen and oxygen atoms in total. The van der Waals surface area contributed by atoms with Gasteiger partial charge in [-0.2, -0.15) is 14.2 Å². The first-order valence-electron chi connectivity index (χ1n) is 13.6. The van der Waals surface area contributed by atoms with Crippen molar-refractivity contribution in [1.82, 2.24) is 0 Å². The minimum atomic E-state index is -3.38. The van der Waals surface area contributed by atoms with Crippen molar-refractivity contribution in [2.24, 2.45) is 5.41 Å². The third kappa shape index (κ3) is 8.29. The van der Waals surface area contributed by atoms with E-state index in [9.17, 15) is 18.9 Å². The lowest BCUT2D eigenvalue weighted by Gasteiger charge is -2.31. The van der Waals surface area contributed by atoms with E-state index in [1.807, 2.05) is 60.7 Å². The lowest BCUT2D eigenvalue weighted by molar-refractivity contribution is -0.796.